The molecular weight excluding hydrogens is 260 g/mol. The molecule has 0 aliphatic heterocycles. The van der Waals surface area contributed by atoms with Gasteiger partial charge < -0.3 is 5.73 Å². The Labute approximate surface area is 124 Å². The van der Waals surface area contributed by atoms with Crippen LogP contribution < -0.4 is 5.73 Å². The van der Waals surface area contributed by atoms with Crippen LogP contribution in [0, 0.1) is 6.92 Å². The first kappa shape index (κ1) is 13.6. The number of rotatable bonds is 1. The van der Waals surface area contributed by atoms with Crippen molar-refractivity contribution in [3.63, 3.8) is 0 Å². The lowest BCUT2D eigenvalue weighted by molar-refractivity contribution is 0.590. The van der Waals surface area contributed by atoms with E-state index in [2.05, 4.69) is 55.2 Å². The van der Waals surface area contributed by atoms with E-state index >= 15 is 0 Å². The molecule has 4 heteroatoms. The highest BCUT2D eigenvalue weighted by atomic mass is 15.2. The van der Waals surface area contributed by atoms with E-state index in [4.69, 9.17) is 5.73 Å². The number of aromatic nitrogens is 3. The summed E-state index contributed by atoms with van der Waals surface area (Å²) in [5.74, 6) is 0.817. The maximum atomic E-state index is 6.00. The fourth-order valence-corrected chi connectivity index (χ4v) is 2.36. The Bertz CT molecular complexity index is 792. The quantitative estimate of drug-likeness (QED) is 0.741. The Morgan fingerprint density at radius 3 is 2.33 bits per heavy atom. The first-order valence-corrected chi connectivity index (χ1v) is 7.08. The SMILES string of the molecule is Cc1cc2nnc(-c3ccc(C(C)(C)C)cc3)n2cc1N. The average Bonchev–Trinajstić information content (AvgIpc) is 2.81. The average molecular weight is 280 g/mol. The molecule has 0 saturated carbocycles. The number of nitrogens with zero attached hydrogens (tertiary/aromatic N) is 3. The molecule has 0 amide bonds. The summed E-state index contributed by atoms with van der Waals surface area (Å²) in [6.07, 6.45) is 1.89. The maximum absolute atomic E-state index is 6.00. The van der Waals surface area contributed by atoms with E-state index in [0.717, 1.165) is 28.3 Å². The molecule has 3 aromatic rings. The fraction of sp³-hybridized carbons (Fsp3) is 0.294. The largest absolute Gasteiger partial charge is 0.397 e. The van der Waals surface area contributed by atoms with Crippen molar-refractivity contribution in [3.05, 3.63) is 47.7 Å². The standard InChI is InChI=1S/C17H20N4/c1-11-9-15-19-20-16(21(15)10-14(11)18)12-5-7-13(8-6-12)17(2,3)4/h5-10H,18H2,1-4H3. The molecule has 0 aliphatic carbocycles. The van der Waals surface area contributed by atoms with Crippen LogP contribution in [0.5, 0.6) is 0 Å². The monoisotopic (exact) mass is 280 g/mol. The van der Waals surface area contributed by atoms with Crippen molar-refractivity contribution in [1.29, 1.82) is 0 Å². The van der Waals surface area contributed by atoms with Gasteiger partial charge in [0.1, 0.15) is 0 Å². The molecule has 3 rings (SSSR count). The molecule has 0 spiro atoms. The second-order valence-electron chi connectivity index (χ2n) is 6.49. The first-order valence-electron chi connectivity index (χ1n) is 7.08. The van der Waals surface area contributed by atoms with Gasteiger partial charge in [0, 0.05) is 11.8 Å². The zero-order valence-electron chi connectivity index (χ0n) is 12.9. The lowest BCUT2D eigenvalue weighted by Gasteiger charge is -2.18. The third-order valence-corrected chi connectivity index (χ3v) is 3.80. The number of fused-ring (bicyclic) bond motifs is 1. The van der Waals surface area contributed by atoms with Gasteiger partial charge in [0.2, 0.25) is 0 Å². The number of anilines is 1. The summed E-state index contributed by atoms with van der Waals surface area (Å²) in [7, 11) is 0. The third kappa shape index (κ3) is 2.37. The molecule has 0 aliphatic rings. The number of nitrogen functional groups attached to an aromatic ring is 1. The molecule has 0 atom stereocenters. The van der Waals surface area contributed by atoms with Crippen LogP contribution in [0.1, 0.15) is 31.9 Å². The lowest BCUT2D eigenvalue weighted by Crippen LogP contribution is -2.10. The van der Waals surface area contributed by atoms with Gasteiger partial charge in [-0.1, -0.05) is 45.0 Å². The first-order chi connectivity index (χ1) is 9.86. The molecule has 4 nitrogen and oxygen atoms in total. The van der Waals surface area contributed by atoms with Gasteiger partial charge in [0.25, 0.3) is 0 Å². The molecule has 108 valence electrons. The van der Waals surface area contributed by atoms with Gasteiger partial charge in [0.15, 0.2) is 11.5 Å². The number of benzene rings is 1. The van der Waals surface area contributed by atoms with Crippen molar-refractivity contribution in [2.75, 3.05) is 5.73 Å². The second-order valence-corrected chi connectivity index (χ2v) is 6.49. The summed E-state index contributed by atoms with van der Waals surface area (Å²) in [4.78, 5) is 0. The van der Waals surface area contributed by atoms with Gasteiger partial charge in [-0.15, -0.1) is 10.2 Å². The van der Waals surface area contributed by atoms with Crippen molar-refractivity contribution in [2.24, 2.45) is 0 Å². The smallest absolute Gasteiger partial charge is 0.168 e. The van der Waals surface area contributed by atoms with Gasteiger partial charge in [-0.3, -0.25) is 4.40 Å². The van der Waals surface area contributed by atoms with Gasteiger partial charge in [0.05, 0.1) is 5.69 Å². The minimum atomic E-state index is 0.146. The molecular formula is C17H20N4. The van der Waals surface area contributed by atoms with Crippen LogP contribution in [-0.2, 0) is 5.41 Å². The predicted octanol–water partition coefficient (Wildman–Crippen LogP) is 3.58. The van der Waals surface area contributed by atoms with E-state index < -0.39 is 0 Å². The second kappa shape index (κ2) is 4.58. The zero-order chi connectivity index (χ0) is 15.2. The maximum Gasteiger partial charge on any atom is 0.168 e. The Morgan fingerprint density at radius 2 is 1.71 bits per heavy atom. The molecule has 2 aromatic heterocycles. The summed E-state index contributed by atoms with van der Waals surface area (Å²) in [5.41, 5.74) is 11.1. The zero-order valence-corrected chi connectivity index (χ0v) is 12.9. The molecule has 1 aromatic carbocycles. The Hall–Kier alpha value is -2.36. The van der Waals surface area contributed by atoms with Crippen molar-refractivity contribution < 1.29 is 0 Å². The molecule has 21 heavy (non-hydrogen) atoms. The van der Waals surface area contributed by atoms with Gasteiger partial charge in [-0.05, 0) is 29.5 Å². The Morgan fingerprint density at radius 1 is 1.05 bits per heavy atom. The summed E-state index contributed by atoms with van der Waals surface area (Å²) in [6.45, 7) is 8.59. The van der Waals surface area contributed by atoms with Crippen LogP contribution in [0.25, 0.3) is 17.0 Å². The van der Waals surface area contributed by atoms with E-state index in [-0.39, 0.29) is 5.41 Å². The van der Waals surface area contributed by atoms with Gasteiger partial charge in [-0.25, -0.2) is 0 Å². The van der Waals surface area contributed by atoms with Crippen molar-refractivity contribution in [3.8, 4) is 11.4 Å². The van der Waals surface area contributed by atoms with E-state index in [1.807, 2.05) is 23.6 Å². The molecule has 2 heterocycles. The molecule has 2 N–H and O–H groups in total. The predicted molar refractivity (Wildman–Crippen MR) is 86.3 cm³/mol. The van der Waals surface area contributed by atoms with Gasteiger partial charge >= 0.3 is 0 Å². The van der Waals surface area contributed by atoms with E-state index in [1.54, 1.807) is 0 Å². The number of aryl methyl sites for hydroxylation is 1. The highest BCUT2D eigenvalue weighted by molar-refractivity contribution is 5.63. The normalized spacial score (nSPS) is 12.0. The van der Waals surface area contributed by atoms with E-state index in [9.17, 15) is 0 Å². The topological polar surface area (TPSA) is 56.2 Å². The summed E-state index contributed by atoms with van der Waals surface area (Å²) >= 11 is 0. The molecule has 0 fully saturated rings. The highest BCUT2D eigenvalue weighted by Gasteiger charge is 2.14. The molecule has 0 unspecified atom stereocenters. The highest BCUT2D eigenvalue weighted by Crippen LogP contribution is 2.26. The number of nitrogens with two attached hydrogens (primary N) is 1. The van der Waals surface area contributed by atoms with Crippen LogP contribution in [-0.4, -0.2) is 14.6 Å². The minimum Gasteiger partial charge on any atom is -0.397 e. The number of hydrogen-bond donors (Lipinski definition) is 1. The van der Waals surface area contributed by atoms with E-state index in [0.29, 0.717) is 0 Å². The van der Waals surface area contributed by atoms with E-state index in [1.165, 1.54) is 5.56 Å². The Balaban J connectivity index is 2.10. The number of pyridine rings is 1. The van der Waals surface area contributed by atoms with Crippen LogP contribution in [0.15, 0.2) is 36.5 Å². The summed E-state index contributed by atoms with van der Waals surface area (Å²) < 4.78 is 1.94. The third-order valence-electron chi connectivity index (χ3n) is 3.80. The molecule has 0 bridgehead atoms. The van der Waals surface area contributed by atoms with Crippen molar-refractivity contribution in [1.82, 2.24) is 14.6 Å². The molecule has 0 radical (unpaired) electrons. The fourth-order valence-electron chi connectivity index (χ4n) is 2.36. The van der Waals surface area contributed by atoms with Crippen LogP contribution in [0.2, 0.25) is 0 Å². The Kier molecular flexibility index (Phi) is 2.97. The summed E-state index contributed by atoms with van der Waals surface area (Å²) in [5, 5.41) is 8.52. The van der Waals surface area contributed by atoms with Crippen LogP contribution in [0.3, 0.4) is 0 Å². The summed E-state index contributed by atoms with van der Waals surface area (Å²) in [6, 6.07) is 10.4. The molecule has 0 saturated heterocycles. The van der Waals surface area contributed by atoms with Crippen molar-refractivity contribution in [2.45, 2.75) is 33.1 Å². The lowest BCUT2D eigenvalue weighted by atomic mass is 9.87. The number of hydrogen-bond acceptors (Lipinski definition) is 3. The minimum absolute atomic E-state index is 0.146. The van der Waals surface area contributed by atoms with Crippen molar-refractivity contribution >= 4 is 11.3 Å². The van der Waals surface area contributed by atoms with Crippen LogP contribution >= 0.6 is 0 Å². The van der Waals surface area contributed by atoms with Gasteiger partial charge in [-0.2, -0.15) is 0 Å². The van der Waals surface area contributed by atoms with Crippen LogP contribution in [0.4, 0.5) is 5.69 Å².